The molecule has 0 unspecified atom stereocenters. The quantitative estimate of drug-likeness (QED) is 0.905. The smallest absolute Gasteiger partial charge is 0.309 e. The first-order valence-corrected chi connectivity index (χ1v) is 5.86. The van der Waals surface area contributed by atoms with E-state index in [1.165, 1.54) is 6.07 Å². The number of carbonyl (C=O) groups is 1. The van der Waals surface area contributed by atoms with E-state index in [0.717, 1.165) is 11.3 Å². The number of carboxylic acid groups (broad SMARTS) is 1. The topological polar surface area (TPSA) is 72.2 Å². The summed E-state index contributed by atoms with van der Waals surface area (Å²) in [5, 5.41) is 13.0. The van der Waals surface area contributed by atoms with E-state index < -0.39 is 5.97 Å². The SMILES string of the molecule is Cc1ccccc1-n1nc(CC(=O)O)c(=O)cc1C. The third-order valence-corrected chi connectivity index (χ3v) is 2.84. The summed E-state index contributed by atoms with van der Waals surface area (Å²) in [6, 6.07) is 9.01. The molecule has 0 aliphatic heterocycles. The van der Waals surface area contributed by atoms with Gasteiger partial charge in [0.15, 0.2) is 0 Å². The predicted octanol–water partition coefficient (Wildman–Crippen LogP) is 1.48. The Balaban J connectivity index is 2.61. The molecule has 19 heavy (non-hydrogen) atoms. The fourth-order valence-electron chi connectivity index (χ4n) is 1.89. The lowest BCUT2D eigenvalue weighted by Crippen LogP contribution is -2.21. The summed E-state index contributed by atoms with van der Waals surface area (Å²) in [7, 11) is 0. The minimum absolute atomic E-state index is 0.0429. The molecule has 5 heteroatoms. The third kappa shape index (κ3) is 2.70. The van der Waals surface area contributed by atoms with E-state index in [1.54, 1.807) is 11.6 Å². The molecule has 2 aromatic rings. The maximum Gasteiger partial charge on any atom is 0.309 e. The monoisotopic (exact) mass is 258 g/mol. The molecule has 5 nitrogen and oxygen atoms in total. The zero-order valence-corrected chi connectivity index (χ0v) is 10.8. The summed E-state index contributed by atoms with van der Waals surface area (Å²) in [4.78, 5) is 22.4. The Bertz CT molecular complexity index is 689. The highest BCUT2D eigenvalue weighted by Gasteiger charge is 2.11. The Morgan fingerprint density at radius 3 is 2.63 bits per heavy atom. The van der Waals surface area contributed by atoms with Crippen molar-refractivity contribution in [1.29, 1.82) is 0 Å². The second kappa shape index (κ2) is 5.06. The van der Waals surface area contributed by atoms with Gasteiger partial charge in [-0.3, -0.25) is 9.59 Å². The summed E-state index contributed by atoms with van der Waals surface area (Å²) < 4.78 is 1.61. The first-order chi connectivity index (χ1) is 8.99. The van der Waals surface area contributed by atoms with E-state index in [-0.39, 0.29) is 17.5 Å². The molecule has 0 atom stereocenters. The van der Waals surface area contributed by atoms with Crippen LogP contribution >= 0.6 is 0 Å². The van der Waals surface area contributed by atoms with Crippen LogP contribution < -0.4 is 5.43 Å². The van der Waals surface area contributed by atoms with Crippen LogP contribution in [0, 0.1) is 13.8 Å². The van der Waals surface area contributed by atoms with Gasteiger partial charge < -0.3 is 5.11 Å². The molecule has 0 amide bonds. The number of carboxylic acids is 1. The van der Waals surface area contributed by atoms with Crippen molar-refractivity contribution < 1.29 is 9.90 Å². The number of para-hydroxylation sites is 1. The Hall–Kier alpha value is -2.43. The van der Waals surface area contributed by atoms with E-state index in [2.05, 4.69) is 5.10 Å². The van der Waals surface area contributed by atoms with Gasteiger partial charge in [0.25, 0.3) is 0 Å². The largest absolute Gasteiger partial charge is 0.481 e. The fraction of sp³-hybridized carbons (Fsp3) is 0.214. The molecule has 0 saturated carbocycles. The summed E-state index contributed by atoms with van der Waals surface area (Å²) in [5.41, 5.74) is 2.22. The molecule has 1 heterocycles. The maximum absolute atomic E-state index is 11.7. The molecule has 0 radical (unpaired) electrons. The summed E-state index contributed by atoms with van der Waals surface area (Å²) in [5.74, 6) is -1.07. The van der Waals surface area contributed by atoms with Crippen molar-refractivity contribution in [3.8, 4) is 5.69 Å². The zero-order valence-electron chi connectivity index (χ0n) is 10.8. The van der Waals surface area contributed by atoms with Gasteiger partial charge in [0, 0.05) is 11.8 Å². The first kappa shape index (κ1) is 13.0. The Morgan fingerprint density at radius 1 is 1.32 bits per heavy atom. The van der Waals surface area contributed by atoms with Crippen molar-refractivity contribution in [2.24, 2.45) is 0 Å². The van der Waals surface area contributed by atoms with Gasteiger partial charge >= 0.3 is 5.97 Å². The molecule has 0 bridgehead atoms. The van der Waals surface area contributed by atoms with Gasteiger partial charge in [-0.1, -0.05) is 18.2 Å². The molecule has 1 aromatic heterocycles. The van der Waals surface area contributed by atoms with Gasteiger partial charge in [-0.05, 0) is 25.5 Å². The molecular formula is C14H14N2O3. The van der Waals surface area contributed by atoms with Crippen LogP contribution in [0.4, 0.5) is 0 Å². The van der Waals surface area contributed by atoms with Gasteiger partial charge in [-0.2, -0.15) is 5.10 Å². The zero-order chi connectivity index (χ0) is 14.0. The molecule has 98 valence electrons. The highest BCUT2D eigenvalue weighted by Crippen LogP contribution is 2.13. The lowest BCUT2D eigenvalue weighted by molar-refractivity contribution is -0.136. The van der Waals surface area contributed by atoms with Crippen molar-refractivity contribution in [2.45, 2.75) is 20.3 Å². The van der Waals surface area contributed by atoms with Gasteiger partial charge in [-0.15, -0.1) is 0 Å². The maximum atomic E-state index is 11.7. The van der Waals surface area contributed by atoms with E-state index in [4.69, 9.17) is 5.11 Å². The van der Waals surface area contributed by atoms with Crippen molar-refractivity contribution in [1.82, 2.24) is 9.78 Å². The molecule has 0 saturated heterocycles. The van der Waals surface area contributed by atoms with E-state index in [0.29, 0.717) is 5.69 Å². The van der Waals surface area contributed by atoms with E-state index >= 15 is 0 Å². The van der Waals surface area contributed by atoms with E-state index in [1.807, 2.05) is 31.2 Å². The Labute approximate surface area is 110 Å². The normalized spacial score (nSPS) is 10.4. The van der Waals surface area contributed by atoms with Crippen LogP contribution in [0.5, 0.6) is 0 Å². The molecule has 0 aliphatic carbocycles. The third-order valence-electron chi connectivity index (χ3n) is 2.84. The molecule has 0 aliphatic rings. The predicted molar refractivity (Wildman–Crippen MR) is 70.6 cm³/mol. The van der Waals surface area contributed by atoms with Crippen LogP contribution in [0.25, 0.3) is 5.69 Å². The minimum Gasteiger partial charge on any atom is -0.481 e. The minimum atomic E-state index is -1.07. The second-order valence-corrected chi connectivity index (χ2v) is 4.37. The van der Waals surface area contributed by atoms with Gasteiger partial charge in [0.1, 0.15) is 5.69 Å². The molecule has 0 spiro atoms. The van der Waals surface area contributed by atoms with Crippen molar-refractivity contribution in [3.05, 3.63) is 57.5 Å². The fourth-order valence-corrected chi connectivity index (χ4v) is 1.89. The second-order valence-electron chi connectivity index (χ2n) is 4.37. The van der Waals surface area contributed by atoms with Crippen molar-refractivity contribution in [2.75, 3.05) is 0 Å². The lowest BCUT2D eigenvalue weighted by Gasteiger charge is -2.12. The number of hydrogen-bond acceptors (Lipinski definition) is 3. The first-order valence-electron chi connectivity index (χ1n) is 5.86. The number of benzene rings is 1. The van der Waals surface area contributed by atoms with Crippen molar-refractivity contribution >= 4 is 5.97 Å². The molecule has 1 N–H and O–H groups in total. The van der Waals surface area contributed by atoms with Crippen LogP contribution in [0.1, 0.15) is 17.0 Å². The average molecular weight is 258 g/mol. The van der Waals surface area contributed by atoms with Gasteiger partial charge in [-0.25, -0.2) is 4.68 Å². The highest BCUT2D eigenvalue weighted by molar-refractivity contribution is 5.69. The Morgan fingerprint density at radius 2 is 2.00 bits per heavy atom. The summed E-state index contributed by atoms with van der Waals surface area (Å²) >= 11 is 0. The Kier molecular flexibility index (Phi) is 3.46. The molecule has 2 rings (SSSR count). The lowest BCUT2D eigenvalue weighted by atomic mass is 10.2. The van der Waals surface area contributed by atoms with E-state index in [9.17, 15) is 9.59 Å². The molecule has 1 aromatic carbocycles. The van der Waals surface area contributed by atoms with Crippen LogP contribution in [0.15, 0.2) is 35.1 Å². The summed E-state index contributed by atoms with van der Waals surface area (Å²) in [6.07, 6.45) is -0.370. The van der Waals surface area contributed by atoms with Crippen LogP contribution in [-0.2, 0) is 11.2 Å². The number of rotatable bonds is 3. The van der Waals surface area contributed by atoms with Crippen LogP contribution in [0.3, 0.4) is 0 Å². The molecule has 0 fully saturated rings. The summed E-state index contributed by atoms with van der Waals surface area (Å²) in [6.45, 7) is 3.71. The number of aromatic nitrogens is 2. The van der Waals surface area contributed by atoms with Gasteiger partial charge in [0.2, 0.25) is 5.43 Å². The highest BCUT2D eigenvalue weighted by atomic mass is 16.4. The standard InChI is InChI=1S/C14H14N2O3/c1-9-5-3-4-6-12(9)16-10(2)7-13(17)11(15-16)8-14(18)19/h3-7H,8H2,1-2H3,(H,18,19). The van der Waals surface area contributed by atoms with Gasteiger partial charge in [0.05, 0.1) is 12.1 Å². The number of hydrogen-bond donors (Lipinski definition) is 1. The molecular weight excluding hydrogens is 244 g/mol. The van der Waals surface area contributed by atoms with Crippen LogP contribution in [-0.4, -0.2) is 20.9 Å². The average Bonchev–Trinajstić information content (AvgIpc) is 2.33. The van der Waals surface area contributed by atoms with Crippen LogP contribution in [0.2, 0.25) is 0 Å². The number of nitrogens with zero attached hydrogens (tertiary/aromatic N) is 2. The van der Waals surface area contributed by atoms with Crippen molar-refractivity contribution in [3.63, 3.8) is 0 Å². The number of aryl methyl sites for hydroxylation is 2. The number of aliphatic carboxylic acids is 1.